The first kappa shape index (κ1) is 16.7. The summed E-state index contributed by atoms with van der Waals surface area (Å²) in [5.74, 6) is 0. The number of nitrogens with one attached hydrogen (secondary N) is 1. The van der Waals surface area contributed by atoms with E-state index < -0.39 is 0 Å². The van der Waals surface area contributed by atoms with Crippen LogP contribution in [0, 0.1) is 10.5 Å². The summed E-state index contributed by atoms with van der Waals surface area (Å²) >= 11 is 14.0. The van der Waals surface area contributed by atoms with Gasteiger partial charge in [0, 0.05) is 17.8 Å². The van der Waals surface area contributed by atoms with Crippen LogP contribution in [0.15, 0.2) is 28.7 Å². The maximum absolute atomic E-state index is 6.28. The fourth-order valence-electron chi connectivity index (χ4n) is 2.04. The molecule has 5 heteroatoms. The molecule has 0 saturated heterocycles. The first-order chi connectivity index (χ1) is 9.52. The monoisotopic (exact) mass is 483 g/mol. The van der Waals surface area contributed by atoms with Crippen molar-refractivity contribution in [2.75, 3.05) is 6.54 Å². The fourth-order valence-corrected chi connectivity index (χ4v) is 4.55. The summed E-state index contributed by atoms with van der Waals surface area (Å²) in [6.07, 6.45) is 1.11. The summed E-state index contributed by atoms with van der Waals surface area (Å²) < 4.78 is 2.26. The highest BCUT2D eigenvalue weighted by Crippen LogP contribution is 2.36. The number of aryl methyl sites for hydroxylation is 1. The minimum atomic E-state index is 0.192. The molecule has 0 saturated carbocycles. The highest BCUT2D eigenvalue weighted by atomic mass is 127. The van der Waals surface area contributed by atoms with E-state index >= 15 is 0 Å². The van der Waals surface area contributed by atoms with Gasteiger partial charge in [-0.05, 0) is 82.2 Å². The Balaban J connectivity index is 2.41. The molecule has 1 aromatic carbocycles. The van der Waals surface area contributed by atoms with Gasteiger partial charge < -0.3 is 5.32 Å². The van der Waals surface area contributed by atoms with E-state index in [2.05, 4.69) is 82.0 Å². The molecule has 1 nitrogen and oxygen atoms in total. The zero-order valence-corrected chi connectivity index (χ0v) is 16.7. The van der Waals surface area contributed by atoms with Gasteiger partial charge >= 0.3 is 0 Å². The third-order valence-corrected chi connectivity index (χ3v) is 6.58. The second kappa shape index (κ2) is 7.58. The summed E-state index contributed by atoms with van der Waals surface area (Å²) in [6, 6.07) is 8.67. The number of rotatable bonds is 5. The third-order valence-electron chi connectivity index (χ3n) is 2.97. The number of halogens is 3. The van der Waals surface area contributed by atoms with Crippen molar-refractivity contribution < 1.29 is 0 Å². The average Bonchev–Trinajstić information content (AvgIpc) is 2.73. The van der Waals surface area contributed by atoms with Crippen LogP contribution in [-0.4, -0.2) is 6.54 Å². The van der Waals surface area contributed by atoms with Crippen LogP contribution in [0.5, 0.6) is 0 Å². The zero-order valence-electron chi connectivity index (χ0n) is 11.3. The first-order valence-corrected chi connectivity index (χ1v) is 9.53. The summed E-state index contributed by atoms with van der Waals surface area (Å²) in [4.78, 5) is 2.63. The van der Waals surface area contributed by atoms with Gasteiger partial charge in [0.05, 0.1) is 11.1 Å². The van der Waals surface area contributed by atoms with Gasteiger partial charge in [0.2, 0.25) is 0 Å². The van der Waals surface area contributed by atoms with E-state index in [-0.39, 0.29) is 6.04 Å². The lowest BCUT2D eigenvalue weighted by Crippen LogP contribution is -2.22. The normalized spacial score (nSPS) is 12.7. The van der Waals surface area contributed by atoms with Crippen molar-refractivity contribution in [1.82, 2.24) is 5.32 Å². The summed E-state index contributed by atoms with van der Waals surface area (Å²) in [5, 5.41) is 4.44. The molecule has 108 valence electrons. The first-order valence-electron chi connectivity index (χ1n) is 6.47. The van der Waals surface area contributed by atoms with Gasteiger partial charge in [-0.1, -0.05) is 24.6 Å². The molecular formula is C15H16BrClINS. The molecule has 0 fully saturated rings. The molecule has 0 bridgehead atoms. The van der Waals surface area contributed by atoms with E-state index in [1.807, 2.05) is 11.3 Å². The van der Waals surface area contributed by atoms with E-state index in [0.29, 0.717) is 0 Å². The van der Waals surface area contributed by atoms with Crippen LogP contribution in [-0.2, 0) is 0 Å². The van der Waals surface area contributed by atoms with Crippen LogP contribution in [0.2, 0.25) is 5.02 Å². The lowest BCUT2D eigenvalue weighted by Gasteiger charge is -2.19. The standard InChI is InChI=1S/C15H16BrClINS/c1-3-6-19-14(15-11(16)7-9(2)20-15)10-4-5-13(18)12(17)8-10/h4-5,7-8,14,19H,3,6H2,1-2H3. The second-order valence-electron chi connectivity index (χ2n) is 4.63. The Morgan fingerprint density at radius 2 is 2.15 bits per heavy atom. The molecule has 0 aliphatic heterocycles. The Hall–Kier alpha value is 0.380. The predicted molar refractivity (Wildman–Crippen MR) is 101 cm³/mol. The maximum atomic E-state index is 6.28. The van der Waals surface area contributed by atoms with Crippen molar-refractivity contribution >= 4 is 61.5 Å². The van der Waals surface area contributed by atoms with Gasteiger partial charge in [-0.3, -0.25) is 0 Å². The third kappa shape index (κ3) is 3.97. The van der Waals surface area contributed by atoms with E-state index in [9.17, 15) is 0 Å². The quantitative estimate of drug-likeness (QED) is 0.501. The van der Waals surface area contributed by atoms with E-state index in [1.54, 1.807) is 0 Å². The number of benzene rings is 1. The van der Waals surface area contributed by atoms with Crippen LogP contribution in [0.1, 0.15) is 34.7 Å². The predicted octanol–water partition coefficient (Wildman–Crippen LogP) is 6.17. The van der Waals surface area contributed by atoms with Crippen molar-refractivity contribution in [2.24, 2.45) is 0 Å². The number of thiophene rings is 1. The Morgan fingerprint density at radius 1 is 1.40 bits per heavy atom. The zero-order chi connectivity index (χ0) is 14.7. The van der Waals surface area contributed by atoms with Gasteiger partial charge in [0.1, 0.15) is 0 Å². The maximum Gasteiger partial charge on any atom is 0.0683 e. The molecule has 1 atom stereocenters. The molecule has 0 spiro atoms. The van der Waals surface area contributed by atoms with Crippen molar-refractivity contribution in [1.29, 1.82) is 0 Å². The molecule has 2 aromatic rings. The highest BCUT2D eigenvalue weighted by molar-refractivity contribution is 14.1. The van der Waals surface area contributed by atoms with Crippen molar-refractivity contribution in [2.45, 2.75) is 26.3 Å². The molecular weight excluding hydrogens is 469 g/mol. The highest BCUT2D eigenvalue weighted by Gasteiger charge is 2.19. The SMILES string of the molecule is CCCNC(c1ccc(I)c(Cl)c1)c1sc(C)cc1Br. The van der Waals surface area contributed by atoms with E-state index in [4.69, 9.17) is 11.6 Å². The minimum absolute atomic E-state index is 0.192. The van der Waals surface area contributed by atoms with Gasteiger partial charge in [0.15, 0.2) is 0 Å². The summed E-state index contributed by atoms with van der Waals surface area (Å²) in [5.41, 5.74) is 1.21. The van der Waals surface area contributed by atoms with Crippen LogP contribution in [0.4, 0.5) is 0 Å². The Kier molecular flexibility index (Phi) is 6.35. The Labute approximate surface area is 151 Å². The molecule has 1 N–H and O–H groups in total. The molecule has 1 unspecified atom stereocenters. The molecule has 0 amide bonds. The van der Waals surface area contributed by atoms with Crippen LogP contribution in [0.3, 0.4) is 0 Å². The molecule has 0 aliphatic carbocycles. The number of hydrogen-bond donors (Lipinski definition) is 1. The molecule has 2 rings (SSSR count). The molecule has 0 radical (unpaired) electrons. The number of hydrogen-bond acceptors (Lipinski definition) is 2. The summed E-state index contributed by atoms with van der Waals surface area (Å²) in [7, 11) is 0. The van der Waals surface area contributed by atoms with E-state index in [1.165, 1.54) is 19.8 Å². The second-order valence-corrected chi connectivity index (χ2v) is 8.34. The molecule has 20 heavy (non-hydrogen) atoms. The van der Waals surface area contributed by atoms with Gasteiger partial charge in [-0.2, -0.15) is 0 Å². The van der Waals surface area contributed by atoms with Crippen molar-refractivity contribution in [3.05, 3.63) is 52.6 Å². The average molecular weight is 485 g/mol. The summed E-state index contributed by atoms with van der Waals surface area (Å²) in [6.45, 7) is 5.30. The smallest absolute Gasteiger partial charge is 0.0683 e. The minimum Gasteiger partial charge on any atom is -0.306 e. The lowest BCUT2D eigenvalue weighted by atomic mass is 10.1. The molecule has 0 aliphatic rings. The largest absolute Gasteiger partial charge is 0.306 e. The van der Waals surface area contributed by atoms with Gasteiger partial charge in [0.25, 0.3) is 0 Å². The van der Waals surface area contributed by atoms with Crippen molar-refractivity contribution in [3.8, 4) is 0 Å². The Morgan fingerprint density at radius 3 is 2.70 bits per heavy atom. The van der Waals surface area contributed by atoms with Gasteiger partial charge in [-0.15, -0.1) is 11.3 Å². The fraction of sp³-hybridized carbons (Fsp3) is 0.333. The van der Waals surface area contributed by atoms with Gasteiger partial charge in [-0.25, -0.2) is 0 Å². The molecule has 1 aromatic heterocycles. The molecule has 1 heterocycles. The Bertz CT molecular complexity index is 600. The van der Waals surface area contributed by atoms with Crippen LogP contribution >= 0.6 is 61.5 Å². The van der Waals surface area contributed by atoms with Crippen LogP contribution in [0.25, 0.3) is 0 Å². The lowest BCUT2D eigenvalue weighted by molar-refractivity contribution is 0.604. The topological polar surface area (TPSA) is 12.0 Å². The van der Waals surface area contributed by atoms with E-state index in [0.717, 1.165) is 21.6 Å². The van der Waals surface area contributed by atoms with Crippen LogP contribution < -0.4 is 5.32 Å². The van der Waals surface area contributed by atoms with Crippen molar-refractivity contribution in [3.63, 3.8) is 0 Å².